The zero-order valence-electron chi connectivity index (χ0n) is 14.0. The minimum absolute atomic E-state index is 0.123. The van der Waals surface area contributed by atoms with Gasteiger partial charge in [0.05, 0.1) is 5.69 Å². The van der Waals surface area contributed by atoms with Gasteiger partial charge in [-0.3, -0.25) is 14.3 Å². The number of carbonyl (C=O) groups excluding carboxylic acids is 2. The summed E-state index contributed by atoms with van der Waals surface area (Å²) in [6.45, 7) is 9.08. The Hall–Kier alpha value is -2.11. The van der Waals surface area contributed by atoms with Crippen molar-refractivity contribution in [3.05, 3.63) is 29.6 Å². The monoisotopic (exact) mass is 304 g/mol. The fraction of sp³-hybridized carbons (Fsp3) is 0.562. The number of aromatic nitrogens is 2. The maximum Gasteiger partial charge on any atom is 0.290 e. The number of rotatable bonds is 2. The first kappa shape index (κ1) is 16.3. The van der Waals surface area contributed by atoms with Gasteiger partial charge < -0.3 is 0 Å². The highest BCUT2D eigenvalue weighted by molar-refractivity contribution is 5.96. The quantitative estimate of drug-likeness (QED) is 0.784. The van der Waals surface area contributed by atoms with E-state index in [-0.39, 0.29) is 17.2 Å². The molecule has 1 aromatic rings. The van der Waals surface area contributed by atoms with Crippen molar-refractivity contribution in [2.75, 3.05) is 13.1 Å². The van der Waals surface area contributed by atoms with Crippen LogP contribution in [0.1, 0.15) is 50.3 Å². The van der Waals surface area contributed by atoms with Crippen molar-refractivity contribution in [1.82, 2.24) is 19.8 Å². The molecule has 0 N–H and O–H groups in total. The largest absolute Gasteiger partial charge is 0.290 e. The maximum atomic E-state index is 12.8. The lowest BCUT2D eigenvalue weighted by atomic mass is 9.92. The molecule has 0 aliphatic carbocycles. The summed E-state index contributed by atoms with van der Waals surface area (Å²) < 4.78 is 1.60. The van der Waals surface area contributed by atoms with Crippen molar-refractivity contribution in [3.63, 3.8) is 0 Å². The predicted octanol–water partition coefficient (Wildman–Crippen LogP) is 1.88. The van der Waals surface area contributed by atoms with E-state index in [4.69, 9.17) is 0 Å². The average Bonchev–Trinajstić information content (AvgIpc) is 3.03. The van der Waals surface area contributed by atoms with Gasteiger partial charge in [0.25, 0.3) is 11.8 Å². The van der Waals surface area contributed by atoms with Crippen LogP contribution < -0.4 is 0 Å². The molecule has 1 aliphatic rings. The van der Waals surface area contributed by atoms with Crippen LogP contribution in [0.2, 0.25) is 0 Å². The number of carbonyl (C=O) groups is 2. The first-order chi connectivity index (χ1) is 10.3. The molecule has 2 rings (SSSR count). The molecule has 120 valence electrons. The van der Waals surface area contributed by atoms with Crippen LogP contribution in [-0.2, 0) is 17.3 Å². The fourth-order valence-corrected chi connectivity index (χ4v) is 2.45. The second-order valence-corrected chi connectivity index (χ2v) is 6.53. The van der Waals surface area contributed by atoms with Gasteiger partial charge in [0.2, 0.25) is 0 Å². The van der Waals surface area contributed by atoms with Gasteiger partial charge in [-0.25, -0.2) is 10.0 Å². The van der Waals surface area contributed by atoms with Crippen LogP contribution in [0.4, 0.5) is 0 Å². The second kappa shape index (κ2) is 5.94. The summed E-state index contributed by atoms with van der Waals surface area (Å²) in [5.74, 6) is -0.340. The second-order valence-electron chi connectivity index (χ2n) is 6.53. The van der Waals surface area contributed by atoms with E-state index in [1.54, 1.807) is 24.7 Å². The van der Waals surface area contributed by atoms with E-state index < -0.39 is 0 Å². The van der Waals surface area contributed by atoms with Crippen LogP contribution in [0.3, 0.4) is 0 Å². The molecule has 2 heterocycles. The molecule has 0 radical (unpaired) electrons. The maximum absolute atomic E-state index is 12.8. The van der Waals surface area contributed by atoms with Gasteiger partial charge in [0.15, 0.2) is 0 Å². The van der Waals surface area contributed by atoms with E-state index >= 15 is 0 Å². The van der Waals surface area contributed by atoms with Crippen molar-refractivity contribution in [2.45, 2.75) is 39.5 Å². The topological polar surface area (TPSA) is 58.4 Å². The van der Waals surface area contributed by atoms with Crippen LogP contribution in [-0.4, -0.2) is 44.7 Å². The van der Waals surface area contributed by atoms with E-state index in [2.05, 4.69) is 25.9 Å². The molecule has 1 aromatic heterocycles. The number of hydrazine groups is 1. The Bertz CT molecular complexity index is 610. The van der Waals surface area contributed by atoms with Gasteiger partial charge in [-0.1, -0.05) is 26.8 Å². The van der Waals surface area contributed by atoms with E-state index in [0.717, 1.165) is 12.1 Å². The third-order valence-electron chi connectivity index (χ3n) is 3.70. The van der Waals surface area contributed by atoms with Crippen LogP contribution in [0.25, 0.3) is 0 Å². The highest BCUT2D eigenvalue weighted by atomic mass is 16.2. The molecule has 22 heavy (non-hydrogen) atoms. The Balaban J connectivity index is 2.28. The highest BCUT2D eigenvalue weighted by Crippen LogP contribution is 2.23. The lowest BCUT2D eigenvalue weighted by molar-refractivity contribution is -0.135. The molecule has 1 fully saturated rings. The molecule has 1 aliphatic heterocycles. The smallest absolute Gasteiger partial charge is 0.268 e. The van der Waals surface area contributed by atoms with Crippen molar-refractivity contribution in [1.29, 1.82) is 0 Å². The summed E-state index contributed by atoms with van der Waals surface area (Å²) in [7, 11) is 1.76. The third-order valence-corrected chi connectivity index (χ3v) is 3.70. The molecule has 0 aromatic carbocycles. The van der Waals surface area contributed by atoms with Crippen molar-refractivity contribution in [2.24, 2.45) is 7.05 Å². The number of amides is 2. The van der Waals surface area contributed by atoms with E-state index in [1.807, 2.05) is 6.07 Å². The van der Waals surface area contributed by atoms with Gasteiger partial charge in [-0.2, -0.15) is 5.10 Å². The Kier molecular flexibility index (Phi) is 4.39. The lowest BCUT2D eigenvalue weighted by Gasteiger charge is -2.26. The Morgan fingerprint density at radius 1 is 1.23 bits per heavy atom. The molecule has 0 bridgehead atoms. The zero-order valence-corrected chi connectivity index (χ0v) is 14.0. The summed E-state index contributed by atoms with van der Waals surface area (Å²) in [6, 6.07) is 1.82. The predicted molar refractivity (Wildman–Crippen MR) is 84.1 cm³/mol. The van der Waals surface area contributed by atoms with Crippen LogP contribution in [0, 0.1) is 0 Å². The van der Waals surface area contributed by atoms with Gasteiger partial charge >= 0.3 is 0 Å². The van der Waals surface area contributed by atoms with Crippen molar-refractivity contribution >= 4 is 11.8 Å². The first-order valence-corrected chi connectivity index (χ1v) is 7.56. The van der Waals surface area contributed by atoms with Gasteiger partial charge in [0, 0.05) is 31.6 Å². The van der Waals surface area contributed by atoms with Crippen molar-refractivity contribution in [3.8, 4) is 0 Å². The Labute approximate surface area is 131 Å². The summed E-state index contributed by atoms with van der Waals surface area (Å²) >= 11 is 0. The van der Waals surface area contributed by atoms with Crippen LogP contribution >= 0.6 is 0 Å². The zero-order chi connectivity index (χ0) is 16.5. The highest BCUT2D eigenvalue weighted by Gasteiger charge is 2.32. The molecule has 0 unspecified atom stereocenters. The molecule has 6 heteroatoms. The molecule has 1 saturated heterocycles. The summed E-state index contributed by atoms with van der Waals surface area (Å²) in [6.07, 6.45) is 3.96. The normalized spacial score (nSPS) is 15.9. The van der Waals surface area contributed by atoms with Crippen LogP contribution in [0.15, 0.2) is 18.2 Å². The SMILES string of the molecule is CC=CC(=O)N1CCCN1C(=O)c1cc(C(C)(C)C)nn1C. The van der Waals surface area contributed by atoms with Gasteiger partial charge in [-0.05, 0) is 19.4 Å². The van der Waals surface area contributed by atoms with Crippen molar-refractivity contribution < 1.29 is 9.59 Å². The molecule has 6 nitrogen and oxygen atoms in total. The van der Waals surface area contributed by atoms with E-state index in [9.17, 15) is 9.59 Å². The van der Waals surface area contributed by atoms with Gasteiger partial charge in [0.1, 0.15) is 5.69 Å². The molecular weight excluding hydrogens is 280 g/mol. The molecular formula is C16H24N4O2. The summed E-state index contributed by atoms with van der Waals surface area (Å²) in [4.78, 5) is 24.8. The number of hydrogen-bond donors (Lipinski definition) is 0. The molecule has 0 atom stereocenters. The molecule has 0 saturated carbocycles. The van der Waals surface area contributed by atoms with E-state index in [1.165, 1.54) is 16.1 Å². The van der Waals surface area contributed by atoms with Gasteiger partial charge in [-0.15, -0.1) is 0 Å². The summed E-state index contributed by atoms with van der Waals surface area (Å²) in [5.41, 5.74) is 1.25. The molecule has 2 amide bonds. The number of nitrogens with zero attached hydrogens (tertiary/aromatic N) is 4. The number of hydrogen-bond acceptors (Lipinski definition) is 3. The number of aryl methyl sites for hydroxylation is 1. The third kappa shape index (κ3) is 3.05. The summed E-state index contributed by atoms with van der Waals surface area (Å²) in [5, 5.41) is 7.46. The Morgan fingerprint density at radius 3 is 2.41 bits per heavy atom. The van der Waals surface area contributed by atoms with E-state index in [0.29, 0.717) is 18.8 Å². The first-order valence-electron chi connectivity index (χ1n) is 7.56. The average molecular weight is 304 g/mol. The number of allylic oxidation sites excluding steroid dienone is 1. The lowest BCUT2D eigenvalue weighted by Crippen LogP contribution is -2.44. The minimum atomic E-state index is -0.180. The minimum Gasteiger partial charge on any atom is -0.268 e. The Morgan fingerprint density at radius 2 is 1.86 bits per heavy atom. The van der Waals surface area contributed by atoms with Crippen LogP contribution in [0.5, 0.6) is 0 Å². The standard InChI is InChI=1S/C16H24N4O2/c1-6-8-14(21)19-9-7-10-20(19)15(22)12-11-13(16(2,3)4)17-18(12)5/h6,8,11H,7,9-10H2,1-5H3. The molecule has 0 spiro atoms. The fourth-order valence-electron chi connectivity index (χ4n) is 2.45.